The maximum absolute atomic E-state index is 12.5. The summed E-state index contributed by atoms with van der Waals surface area (Å²) in [7, 11) is 0. The number of aromatic nitrogens is 2. The Labute approximate surface area is 161 Å². The summed E-state index contributed by atoms with van der Waals surface area (Å²) in [4.78, 5) is 28.5. The Bertz CT molecular complexity index is 1000. The number of nitrogens with zero attached hydrogens (tertiary/aromatic N) is 2. The van der Waals surface area contributed by atoms with Crippen molar-refractivity contribution >= 4 is 29.2 Å². The number of amides is 1. The van der Waals surface area contributed by atoms with Gasteiger partial charge in [-0.2, -0.15) is 4.98 Å². The molecule has 3 rings (SSSR count). The quantitative estimate of drug-likeness (QED) is 0.524. The van der Waals surface area contributed by atoms with Crippen molar-refractivity contribution in [3.63, 3.8) is 0 Å². The van der Waals surface area contributed by atoms with E-state index in [4.69, 9.17) is 5.73 Å². The second-order valence-electron chi connectivity index (χ2n) is 6.09. The number of benzene rings is 2. The minimum Gasteiger partial charge on any atom is -0.385 e. The molecule has 3 aromatic rings. The van der Waals surface area contributed by atoms with Gasteiger partial charge < -0.3 is 11.1 Å². The van der Waals surface area contributed by atoms with Crippen LogP contribution in [-0.4, -0.2) is 20.7 Å². The van der Waals surface area contributed by atoms with Crippen LogP contribution < -0.4 is 16.6 Å². The van der Waals surface area contributed by atoms with E-state index in [9.17, 15) is 9.59 Å². The van der Waals surface area contributed by atoms with E-state index in [0.29, 0.717) is 5.16 Å². The lowest BCUT2D eigenvalue weighted by molar-refractivity contribution is -0.115. The van der Waals surface area contributed by atoms with E-state index in [1.54, 1.807) is 11.5 Å². The number of carbonyl (C=O) groups excluding carboxylic acids is 1. The Hall–Kier alpha value is -3.06. The van der Waals surface area contributed by atoms with Crippen molar-refractivity contribution in [1.29, 1.82) is 0 Å². The summed E-state index contributed by atoms with van der Waals surface area (Å²) in [5.41, 5.74) is 8.23. The molecule has 2 aromatic carbocycles. The fourth-order valence-corrected chi connectivity index (χ4v) is 3.43. The summed E-state index contributed by atoms with van der Waals surface area (Å²) in [6.45, 7) is 3.75. The maximum Gasteiger partial charge on any atom is 0.275 e. The van der Waals surface area contributed by atoms with Gasteiger partial charge in [-0.15, -0.1) is 0 Å². The lowest BCUT2D eigenvalue weighted by Gasteiger charge is -2.17. The van der Waals surface area contributed by atoms with Crippen LogP contribution in [-0.2, 0) is 4.79 Å². The predicted octanol–water partition coefficient (Wildman–Crippen LogP) is 3.24. The van der Waals surface area contributed by atoms with Crippen LogP contribution in [0.15, 0.2) is 70.6 Å². The number of nitrogens with one attached hydrogen (secondary N) is 1. The van der Waals surface area contributed by atoms with Crippen molar-refractivity contribution in [2.45, 2.75) is 24.3 Å². The summed E-state index contributed by atoms with van der Waals surface area (Å²) >= 11 is 1.18. The van der Waals surface area contributed by atoms with Gasteiger partial charge >= 0.3 is 0 Å². The van der Waals surface area contributed by atoms with E-state index in [-0.39, 0.29) is 11.7 Å². The van der Waals surface area contributed by atoms with Crippen LogP contribution in [0.5, 0.6) is 0 Å². The van der Waals surface area contributed by atoms with Crippen LogP contribution in [0.3, 0.4) is 0 Å². The average Bonchev–Trinajstić information content (AvgIpc) is 2.64. The van der Waals surface area contributed by atoms with Crippen molar-refractivity contribution in [2.24, 2.45) is 0 Å². The molecule has 0 spiro atoms. The van der Waals surface area contributed by atoms with Crippen LogP contribution in [0.4, 0.5) is 11.5 Å². The van der Waals surface area contributed by atoms with Gasteiger partial charge in [0.2, 0.25) is 5.91 Å². The normalized spacial score (nSPS) is 11.8. The minimum absolute atomic E-state index is 0.180. The predicted molar refractivity (Wildman–Crippen MR) is 109 cm³/mol. The first-order valence-electron chi connectivity index (χ1n) is 8.43. The van der Waals surface area contributed by atoms with E-state index in [1.807, 2.05) is 61.5 Å². The van der Waals surface area contributed by atoms with Gasteiger partial charge in [0.05, 0.1) is 5.25 Å². The highest BCUT2D eigenvalue weighted by Crippen LogP contribution is 2.26. The molecule has 0 unspecified atom stereocenters. The second-order valence-corrected chi connectivity index (χ2v) is 7.40. The molecule has 1 atom stereocenters. The van der Waals surface area contributed by atoms with Gasteiger partial charge in [0.1, 0.15) is 5.82 Å². The molecule has 1 heterocycles. The molecule has 7 heteroatoms. The van der Waals surface area contributed by atoms with Gasteiger partial charge in [0, 0.05) is 17.4 Å². The van der Waals surface area contributed by atoms with Crippen LogP contribution in [0.2, 0.25) is 0 Å². The molecule has 0 aliphatic carbocycles. The third kappa shape index (κ3) is 4.57. The van der Waals surface area contributed by atoms with Crippen molar-refractivity contribution in [3.05, 3.63) is 76.6 Å². The first kappa shape index (κ1) is 18.7. The average molecular weight is 380 g/mol. The Balaban J connectivity index is 1.85. The maximum atomic E-state index is 12.5. The number of nitrogen functional groups attached to an aromatic ring is 1. The SMILES string of the molecule is Cc1ccc(NC(=O)[C@@H](C)Sc2nc(=O)cc(N)n2-c2ccccc2)cc1. The number of hydrogen-bond acceptors (Lipinski definition) is 5. The number of para-hydroxylation sites is 1. The Morgan fingerprint density at radius 1 is 1.15 bits per heavy atom. The highest BCUT2D eigenvalue weighted by molar-refractivity contribution is 8.00. The zero-order valence-corrected chi connectivity index (χ0v) is 15.9. The van der Waals surface area contributed by atoms with Crippen molar-refractivity contribution in [3.8, 4) is 5.69 Å². The zero-order chi connectivity index (χ0) is 19.4. The molecule has 0 radical (unpaired) electrons. The molecule has 3 N–H and O–H groups in total. The third-order valence-electron chi connectivity index (χ3n) is 3.91. The topological polar surface area (TPSA) is 90.0 Å². The van der Waals surface area contributed by atoms with Gasteiger partial charge in [-0.25, -0.2) is 0 Å². The van der Waals surface area contributed by atoms with E-state index in [1.165, 1.54) is 17.8 Å². The van der Waals surface area contributed by atoms with E-state index in [2.05, 4.69) is 10.3 Å². The lowest BCUT2D eigenvalue weighted by Crippen LogP contribution is -2.24. The summed E-state index contributed by atoms with van der Waals surface area (Å²) in [5.74, 6) is 0.0926. The molecule has 27 heavy (non-hydrogen) atoms. The lowest BCUT2D eigenvalue weighted by atomic mass is 10.2. The minimum atomic E-state index is -0.477. The summed E-state index contributed by atoms with van der Waals surface area (Å²) in [5, 5.41) is 2.77. The Morgan fingerprint density at radius 3 is 2.48 bits per heavy atom. The van der Waals surface area contributed by atoms with Gasteiger partial charge in [-0.1, -0.05) is 47.7 Å². The molecule has 6 nitrogen and oxygen atoms in total. The molecule has 138 valence electrons. The van der Waals surface area contributed by atoms with Gasteiger partial charge in [0.25, 0.3) is 5.56 Å². The summed E-state index contributed by atoms with van der Waals surface area (Å²) < 4.78 is 1.67. The Morgan fingerprint density at radius 2 is 1.81 bits per heavy atom. The zero-order valence-electron chi connectivity index (χ0n) is 15.0. The number of thioether (sulfide) groups is 1. The number of aryl methyl sites for hydroxylation is 1. The second kappa shape index (κ2) is 8.09. The number of carbonyl (C=O) groups is 1. The number of rotatable bonds is 5. The van der Waals surface area contributed by atoms with Crippen LogP contribution in [0, 0.1) is 6.92 Å². The van der Waals surface area contributed by atoms with Crippen molar-refractivity contribution in [2.75, 3.05) is 11.1 Å². The Kier molecular flexibility index (Phi) is 5.61. The molecule has 0 aliphatic rings. The van der Waals surface area contributed by atoms with Crippen molar-refractivity contribution < 1.29 is 4.79 Å². The first-order valence-corrected chi connectivity index (χ1v) is 9.31. The standard InChI is InChI=1S/C20H20N4O2S/c1-13-8-10-15(11-9-13)22-19(26)14(2)27-20-23-18(25)12-17(21)24(20)16-6-4-3-5-7-16/h3-12,14H,21H2,1-2H3,(H,22,26)/t14-/m1/s1. The van der Waals surface area contributed by atoms with E-state index >= 15 is 0 Å². The molecule has 0 saturated heterocycles. The molecule has 1 aromatic heterocycles. The molecule has 0 fully saturated rings. The number of hydrogen-bond donors (Lipinski definition) is 2. The van der Waals surface area contributed by atoms with Crippen LogP contribution in [0.25, 0.3) is 5.69 Å². The summed E-state index contributed by atoms with van der Waals surface area (Å²) in [6.07, 6.45) is 0. The van der Waals surface area contributed by atoms with Crippen LogP contribution >= 0.6 is 11.8 Å². The smallest absolute Gasteiger partial charge is 0.275 e. The molecule has 0 bridgehead atoms. The van der Waals surface area contributed by atoms with Crippen LogP contribution in [0.1, 0.15) is 12.5 Å². The monoisotopic (exact) mass is 380 g/mol. The van der Waals surface area contributed by atoms with Gasteiger partial charge in [0.15, 0.2) is 5.16 Å². The fraction of sp³-hybridized carbons (Fsp3) is 0.150. The van der Waals surface area contributed by atoms with Gasteiger partial charge in [-0.05, 0) is 38.1 Å². The number of anilines is 2. The summed E-state index contributed by atoms with van der Waals surface area (Å²) in [6, 6.07) is 18.2. The fourth-order valence-electron chi connectivity index (χ4n) is 2.49. The third-order valence-corrected chi connectivity index (χ3v) is 4.96. The van der Waals surface area contributed by atoms with Gasteiger partial charge in [-0.3, -0.25) is 14.2 Å². The first-order chi connectivity index (χ1) is 12.9. The molecular formula is C20H20N4O2S. The highest BCUT2D eigenvalue weighted by Gasteiger charge is 2.19. The molecule has 0 saturated carbocycles. The van der Waals surface area contributed by atoms with Crippen molar-refractivity contribution in [1.82, 2.24) is 9.55 Å². The largest absolute Gasteiger partial charge is 0.385 e. The molecular weight excluding hydrogens is 360 g/mol. The number of nitrogens with two attached hydrogens (primary N) is 1. The highest BCUT2D eigenvalue weighted by atomic mass is 32.2. The van der Waals surface area contributed by atoms with E-state index in [0.717, 1.165) is 16.9 Å². The molecule has 0 aliphatic heterocycles. The molecule has 1 amide bonds. The van der Waals surface area contributed by atoms with E-state index < -0.39 is 10.8 Å².